The van der Waals surface area contributed by atoms with Crippen LogP contribution in [-0.2, 0) is 16.8 Å². The van der Waals surface area contributed by atoms with Crippen molar-refractivity contribution in [3.05, 3.63) is 107 Å². The maximum Gasteiger partial charge on any atom is 0.171 e. The highest BCUT2D eigenvalue weighted by atomic mass is 16.1. The van der Waals surface area contributed by atoms with Crippen molar-refractivity contribution in [3.63, 3.8) is 0 Å². The zero-order valence-electron chi connectivity index (χ0n) is 16.0. The van der Waals surface area contributed by atoms with E-state index < -0.39 is 5.54 Å². The molecule has 0 fully saturated rings. The van der Waals surface area contributed by atoms with E-state index in [1.54, 1.807) is 0 Å². The summed E-state index contributed by atoms with van der Waals surface area (Å²) in [7, 11) is 0. The molecule has 0 aliphatic carbocycles. The van der Waals surface area contributed by atoms with Crippen molar-refractivity contribution in [1.82, 2.24) is 0 Å². The van der Waals surface area contributed by atoms with Crippen molar-refractivity contribution in [2.45, 2.75) is 25.3 Å². The van der Waals surface area contributed by atoms with Crippen LogP contribution < -0.4 is 5.73 Å². The van der Waals surface area contributed by atoms with E-state index in [-0.39, 0.29) is 11.7 Å². The lowest BCUT2D eigenvalue weighted by molar-refractivity contribution is -0.124. The molecule has 1 heterocycles. The van der Waals surface area contributed by atoms with Gasteiger partial charge >= 0.3 is 0 Å². The Morgan fingerprint density at radius 1 is 0.929 bits per heavy atom. The van der Waals surface area contributed by atoms with Gasteiger partial charge in [0.05, 0.1) is 5.84 Å². The fourth-order valence-corrected chi connectivity index (χ4v) is 4.10. The first-order valence-corrected chi connectivity index (χ1v) is 9.65. The van der Waals surface area contributed by atoms with E-state index in [4.69, 9.17) is 10.7 Å². The molecule has 0 amide bonds. The summed E-state index contributed by atoms with van der Waals surface area (Å²) < 4.78 is 0. The van der Waals surface area contributed by atoms with Gasteiger partial charge in [-0.25, -0.2) is 4.99 Å². The number of ketones is 1. The van der Waals surface area contributed by atoms with E-state index in [9.17, 15) is 4.79 Å². The number of aryl methyl sites for hydroxylation is 1. The molecule has 28 heavy (non-hydrogen) atoms. The molecule has 3 aromatic rings. The lowest BCUT2D eigenvalue weighted by Crippen LogP contribution is -2.46. The van der Waals surface area contributed by atoms with Gasteiger partial charge in [-0.1, -0.05) is 90.5 Å². The molecule has 3 aromatic carbocycles. The van der Waals surface area contributed by atoms with E-state index in [0.29, 0.717) is 12.3 Å². The van der Waals surface area contributed by atoms with E-state index in [2.05, 4.69) is 25.1 Å². The summed E-state index contributed by atoms with van der Waals surface area (Å²) in [6.45, 7) is 2.07. The first-order valence-electron chi connectivity index (χ1n) is 9.65. The first-order chi connectivity index (χ1) is 13.6. The molecular weight excluding hydrogens is 344 g/mol. The molecule has 0 aromatic heterocycles. The number of rotatable bonds is 4. The number of nitrogens with zero attached hydrogens (tertiary/aromatic N) is 1. The van der Waals surface area contributed by atoms with Gasteiger partial charge in [0.25, 0.3) is 0 Å². The van der Waals surface area contributed by atoms with E-state index in [0.717, 1.165) is 17.5 Å². The van der Waals surface area contributed by atoms with Crippen molar-refractivity contribution in [3.8, 4) is 0 Å². The molecule has 3 heteroatoms. The highest BCUT2D eigenvalue weighted by molar-refractivity contribution is 6.02. The Hall–Kier alpha value is -3.20. The van der Waals surface area contributed by atoms with Gasteiger partial charge in [0.15, 0.2) is 11.3 Å². The quantitative estimate of drug-likeness (QED) is 0.741. The predicted octanol–water partition coefficient (Wildman–Crippen LogP) is 4.43. The molecule has 1 atom stereocenters. The molecule has 1 unspecified atom stereocenters. The maximum absolute atomic E-state index is 13.6. The lowest BCUT2D eigenvalue weighted by Gasteiger charge is -2.36. The number of benzene rings is 3. The summed E-state index contributed by atoms with van der Waals surface area (Å²) in [5.74, 6) is 0.570. The monoisotopic (exact) mass is 368 g/mol. The summed E-state index contributed by atoms with van der Waals surface area (Å²) >= 11 is 0. The zero-order chi connectivity index (χ0) is 19.6. The minimum Gasteiger partial charge on any atom is -0.387 e. The molecule has 140 valence electrons. The number of hydrogen-bond acceptors (Lipinski definition) is 3. The number of hydrogen-bond donors (Lipinski definition) is 1. The molecule has 0 radical (unpaired) electrons. The number of amidine groups is 1. The van der Waals surface area contributed by atoms with Gasteiger partial charge in [0.1, 0.15) is 0 Å². The third kappa shape index (κ3) is 3.24. The van der Waals surface area contributed by atoms with Crippen LogP contribution in [0.3, 0.4) is 0 Å². The van der Waals surface area contributed by atoms with Gasteiger partial charge in [-0.05, 0) is 30.0 Å². The first kappa shape index (κ1) is 18.2. The molecule has 4 rings (SSSR count). The third-order valence-corrected chi connectivity index (χ3v) is 5.50. The number of nitrogens with two attached hydrogens (primary N) is 1. The van der Waals surface area contributed by atoms with Gasteiger partial charge in [-0.3, -0.25) is 4.79 Å². The van der Waals surface area contributed by atoms with Gasteiger partial charge in [-0.15, -0.1) is 0 Å². The second kappa shape index (κ2) is 7.43. The fourth-order valence-electron chi connectivity index (χ4n) is 4.10. The normalized spacial score (nSPS) is 18.5. The van der Waals surface area contributed by atoms with Crippen LogP contribution in [0, 0.1) is 12.8 Å². The Balaban J connectivity index is 1.78. The van der Waals surface area contributed by atoms with Gasteiger partial charge in [-0.2, -0.15) is 0 Å². The predicted molar refractivity (Wildman–Crippen MR) is 113 cm³/mol. The molecule has 2 N–H and O–H groups in total. The molecule has 0 saturated carbocycles. The smallest absolute Gasteiger partial charge is 0.171 e. The van der Waals surface area contributed by atoms with E-state index >= 15 is 0 Å². The van der Waals surface area contributed by atoms with E-state index in [1.165, 1.54) is 11.1 Å². The van der Waals surface area contributed by atoms with Gasteiger partial charge < -0.3 is 5.73 Å². The molecule has 3 nitrogen and oxygen atoms in total. The average molecular weight is 368 g/mol. The van der Waals surface area contributed by atoms with Crippen LogP contribution in [0.5, 0.6) is 0 Å². The van der Waals surface area contributed by atoms with E-state index in [1.807, 2.05) is 66.7 Å². The molecule has 1 aliphatic rings. The molecule has 0 saturated heterocycles. The Bertz CT molecular complexity index is 969. The SMILES string of the molecule is Cc1cccc(CC2CC(=O)C(c3ccccc3)(c3ccccc3)N=C2N)c1. The van der Waals surface area contributed by atoms with Crippen LogP contribution in [0.4, 0.5) is 0 Å². The summed E-state index contributed by atoms with van der Waals surface area (Å²) in [5.41, 5.74) is 9.53. The van der Waals surface area contributed by atoms with Crippen LogP contribution in [0.1, 0.15) is 28.7 Å². The number of Topliss-reactive ketones (excluding diaryl/α,β-unsaturated/α-hetero) is 1. The van der Waals surface area contributed by atoms with Gasteiger partial charge in [0.2, 0.25) is 0 Å². The highest BCUT2D eigenvalue weighted by Crippen LogP contribution is 2.40. The van der Waals surface area contributed by atoms with Crippen LogP contribution in [0.25, 0.3) is 0 Å². The molecular formula is C25H24N2O. The Morgan fingerprint density at radius 3 is 2.11 bits per heavy atom. The summed E-state index contributed by atoms with van der Waals surface area (Å²) in [6, 6.07) is 27.9. The van der Waals surface area contributed by atoms with Crippen molar-refractivity contribution in [1.29, 1.82) is 0 Å². The molecule has 1 aliphatic heterocycles. The zero-order valence-corrected chi connectivity index (χ0v) is 16.0. The summed E-state index contributed by atoms with van der Waals surface area (Å²) in [4.78, 5) is 18.4. The third-order valence-electron chi connectivity index (χ3n) is 5.50. The van der Waals surface area contributed by atoms with Gasteiger partial charge in [0, 0.05) is 12.3 Å². The number of carbonyl (C=O) groups is 1. The highest BCUT2D eigenvalue weighted by Gasteiger charge is 2.46. The largest absolute Gasteiger partial charge is 0.387 e. The fraction of sp³-hybridized carbons (Fsp3) is 0.200. The topological polar surface area (TPSA) is 55.5 Å². The Kier molecular flexibility index (Phi) is 4.82. The molecule has 0 spiro atoms. The Morgan fingerprint density at radius 2 is 1.54 bits per heavy atom. The van der Waals surface area contributed by atoms with Crippen molar-refractivity contribution < 1.29 is 4.79 Å². The van der Waals surface area contributed by atoms with Crippen molar-refractivity contribution in [2.24, 2.45) is 16.6 Å². The average Bonchev–Trinajstić information content (AvgIpc) is 2.72. The minimum atomic E-state index is -1.06. The van der Waals surface area contributed by atoms with Crippen molar-refractivity contribution >= 4 is 11.6 Å². The lowest BCUT2D eigenvalue weighted by atomic mass is 9.73. The van der Waals surface area contributed by atoms with Crippen LogP contribution in [-0.4, -0.2) is 11.6 Å². The minimum absolute atomic E-state index is 0.0742. The maximum atomic E-state index is 13.6. The van der Waals surface area contributed by atoms with Crippen LogP contribution in [0.15, 0.2) is 89.9 Å². The number of aliphatic imine (C=N–C) groups is 1. The van der Waals surface area contributed by atoms with Crippen LogP contribution >= 0.6 is 0 Å². The molecule has 0 bridgehead atoms. The van der Waals surface area contributed by atoms with Crippen LogP contribution in [0.2, 0.25) is 0 Å². The second-order valence-electron chi connectivity index (χ2n) is 7.50. The number of carbonyl (C=O) groups excluding carboxylic acids is 1. The second-order valence-corrected chi connectivity index (χ2v) is 7.50. The summed E-state index contributed by atoms with van der Waals surface area (Å²) in [5, 5.41) is 0. The Labute approximate surface area is 165 Å². The van der Waals surface area contributed by atoms with Crippen molar-refractivity contribution in [2.75, 3.05) is 0 Å². The standard InChI is InChI=1S/C25H24N2O/c1-18-9-8-10-19(15-18)16-20-17-23(28)25(27-24(20)26,21-11-4-2-5-12-21)22-13-6-3-7-14-22/h2-15,20H,16-17H2,1H3,(H2,26,27). The summed E-state index contributed by atoms with van der Waals surface area (Å²) in [6.07, 6.45) is 1.11.